The van der Waals surface area contributed by atoms with Crippen LogP contribution in [-0.2, 0) is 10.2 Å². The van der Waals surface area contributed by atoms with Crippen molar-refractivity contribution in [2.45, 2.75) is 78.6 Å². The number of hydrogen-bond acceptors (Lipinski definition) is 2. The highest BCUT2D eigenvalue weighted by Crippen LogP contribution is 2.71. The Morgan fingerprint density at radius 2 is 1.79 bits per heavy atom. The normalized spacial score (nSPS) is 43.5. The van der Waals surface area contributed by atoms with Crippen molar-refractivity contribution in [3.63, 3.8) is 0 Å². The van der Waals surface area contributed by atoms with Crippen LogP contribution >= 0.6 is 0 Å². The Morgan fingerprint density at radius 1 is 1.04 bits per heavy atom. The summed E-state index contributed by atoms with van der Waals surface area (Å²) >= 11 is 0. The number of fused-ring (bicyclic) bond motifs is 7. The first-order valence-electron chi connectivity index (χ1n) is 11.1. The van der Waals surface area contributed by atoms with Crippen LogP contribution in [0.15, 0.2) is 23.8 Å². The van der Waals surface area contributed by atoms with Crippen LogP contribution < -0.4 is 0 Å². The molecule has 1 aromatic rings. The highest BCUT2D eigenvalue weighted by atomic mass is 16.3. The molecular formula is C26H34O2. The standard InChI is InChI=1S/C26H34O2/c1-23(2)10-6-11-24(3)20(23)9-12-25(4)21-13-16-7-8-17(27)14-18(16)26(21,5)15-19(28)22(24)25/h7-8,13-14,20,22,27H,6,9-12,15H2,1-5H3/t20-,22+,24-,25+,26-/m0/s1. The molecule has 0 aromatic heterocycles. The third kappa shape index (κ3) is 2.07. The fourth-order valence-corrected chi connectivity index (χ4v) is 8.61. The molecule has 3 saturated carbocycles. The van der Waals surface area contributed by atoms with Crippen molar-refractivity contribution in [3.8, 4) is 5.75 Å². The molecule has 0 bridgehead atoms. The maximum absolute atomic E-state index is 13.9. The molecule has 0 amide bonds. The van der Waals surface area contributed by atoms with Gasteiger partial charge >= 0.3 is 0 Å². The van der Waals surface area contributed by atoms with E-state index in [2.05, 4.69) is 40.7 Å². The largest absolute Gasteiger partial charge is 0.508 e. The van der Waals surface area contributed by atoms with Crippen molar-refractivity contribution in [3.05, 3.63) is 34.9 Å². The molecule has 0 unspecified atom stereocenters. The summed E-state index contributed by atoms with van der Waals surface area (Å²) in [5, 5.41) is 10.1. The predicted molar refractivity (Wildman–Crippen MR) is 113 cm³/mol. The van der Waals surface area contributed by atoms with Crippen molar-refractivity contribution >= 4 is 11.9 Å². The zero-order chi connectivity index (χ0) is 20.1. The molecule has 0 heterocycles. The summed E-state index contributed by atoms with van der Waals surface area (Å²) in [5.41, 5.74) is 3.89. The fourth-order valence-electron chi connectivity index (χ4n) is 8.61. The number of aromatic hydroxyl groups is 1. The molecular weight excluding hydrogens is 344 g/mol. The van der Waals surface area contributed by atoms with E-state index in [9.17, 15) is 9.90 Å². The number of ketones is 1. The molecule has 4 aliphatic carbocycles. The SMILES string of the molecule is CC1(C)CCC[C@]2(C)[C@H]3C(=O)C[C@]4(C)C(=Cc5ccc(O)cc54)[C@@]3(C)CC[C@@H]12. The van der Waals surface area contributed by atoms with E-state index in [1.807, 2.05) is 12.1 Å². The lowest BCUT2D eigenvalue weighted by Crippen LogP contribution is -2.61. The number of carbonyl (C=O) groups is 1. The van der Waals surface area contributed by atoms with Crippen molar-refractivity contribution in [2.24, 2.45) is 28.1 Å². The molecule has 150 valence electrons. The third-order valence-corrected chi connectivity index (χ3v) is 9.52. The molecule has 0 saturated heterocycles. The van der Waals surface area contributed by atoms with Gasteiger partial charge in [0.2, 0.25) is 0 Å². The summed E-state index contributed by atoms with van der Waals surface area (Å²) < 4.78 is 0. The molecule has 2 nitrogen and oxygen atoms in total. The second kappa shape index (κ2) is 5.32. The first-order valence-corrected chi connectivity index (χ1v) is 11.1. The van der Waals surface area contributed by atoms with Crippen LogP contribution in [-0.4, -0.2) is 10.9 Å². The summed E-state index contributed by atoms with van der Waals surface area (Å²) in [6, 6.07) is 5.70. The van der Waals surface area contributed by atoms with Crippen molar-refractivity contribution < 1.29 is 9.90 Å². The fraction of sp³-hybridized carbons (Fsp3) is 0.654. The van der Waals surface area contributed by atoms with Crippen molar-refractivity contribution in [1.82, 2.24) is 0 Å². The summed E-state index contributed by atoms with van der Waals surface area (Å²) in [6.45, 7) is 11.9. The predicted octanol–water partition coefficient (Wildman–Crippen LogP) is 6.27. The third-order valence-electron chi connectivity index (χ3n) is 9.52. The van der Waals surface area contributed by atoms with Crippen molar-refractivity contribution in [2.75, 3.05) is 0 Å². The van der Waals surface area contributed by atoms with Gasteiger partial charge in [-0.25, -0.2) is 0 Å². The van der Waals surface area contributed by atoms with Gasteiger partial charge in [-0.1, -0.05) is 58.8 Å². The quantitative estimate of drug-likeness (QED) is 0.578. The Kier molecular flexibility index (Phi) is 3.50. The second-order valence-electron chi connectivity index (χ2n) is 11.6. The van der Waals surface area contributed by atoms with E-state index in [4.69, 9.17) is 0 Å². The van der Waals surface area contributed by atoms with E-state index in [0.717, 1.165) is 12.0 Å². The minimum atomic E-state index is -0.260. The Bertz CT molecular complexity index is 909. The first kappa shape index (κ1) is 18.5. The summed E-state index contributed by atoms with van der Waals surface area (Å²) in [5.74, 6) is 1.52. The Hall–Kier alpha value is -1.57. The molecule has 1 N–H and O–H groups in total. The lowest BCUT2D eigenvalue weighted by Gasteiger charge is -2.65. The lowest BCUT2D eigenvalue weighted by molar-refractivity contribution is -0.160. The maximum atomic E-state index is 13.9. The highest BCUT2D eigenvalue weighted by molar-refractivity contribution is 5.91. The van der Waals surface area contributed by atoms with E-state index in [1.165, 1.54) is 36.8 Å². The zero-order valence-electron chi connectivity index (χ0n) is 18.1. The Balaban J connectivity index is 1.67. The number of rotatable bonds is 0. The smallest absolute Gasteiger partial charge is 0.138 e. The van der Waals surface area contributed by atoms with Gasteiger partial charge in [0.15, 0.2) is 0 Å². The van der Waals surface area contributed by atoms with Gasteiger partial charge in [-0.3, -0.25) is 4.79 Å². The second-order valence-corrected chi connectivity index (χ2v) is 11.6. The number of benzene rings is 1. The topological polar surface area (TPSA) is 37.3 Å². The number of carbonyl (C=O) groups excluding carboxylic acids is 1. The van der Waals surface area contributed by atoms with E-state index in [1.54, 1.807) is 6.07 Å². The van der Waals surface area contributed by atoms with E-state index in [-0.39, 0.29) is 22.2 Å². The van der Waals surface area contributed by atoms with Crippen LogP contribution in [0.5, 0.6) is 5.75 Å². The molecule has 28 heavy (non-hydrogen) atoms. The number of hydrogen-bond donors (Lipinski definition) is 1. The first-order chi connectivity index (χ1) is 13.0. The molecule has 2 heteroatoms. The molecule has 3 fully saturated rings. The minimum absolute atomic E-state index is 0.0720. The highest BCUT2D eigenvalue weighted by Gasteiger charge is 2.66. The van der Waals surface area contributed by atoms with Crippen LogP contribution in [0.3, 0.4) is 0 Å². The average Bonchev–Trinajstić information content (AvgIpc) is 2.86. The molecule has 5 rings (SSSR count). The molecule has 0 aliphatic heterocycles. The summed E-state index contributed by atoms with van der Waals surface area (Å²) in [4.78, 5) is 13.9. The summed E-state index contributed by atoms with van der Waals surface area (Å²) in [7, 11) is 0. The van der Waals surface area contributed by atoms with E-state index >= 15 is 0 Å². The lowest BCUT2D eigenvalue weighted by atomic mass is 9.38. The average molecular weight is 379 g/mol. The van der Waals surface area contributed by atoms with Gasteiger partial charge < -0.3 is 5.11 Å². The molecule has 4 aliphatic rings. The molecule has 0 radical (unpaired) electrons. The minimum Gasteiger partial charge on any atom is -0.508 e. The van der Waals surface area contributed by atoms with E-state index < -0.39 is 0 Å². The molecule has 1 aromatic carbocycles. The monoisotopic (exact) mass is 378 g/mol. The van der Waals surface area contributed by atoms with Gasteiger partial charge in [-0.2, -0.15) is 0 Å². The van der Waals surface area contributed by atoms with E-state index in [0.29, 0.717) is 29.3 Å². The van der Waals surface area contributed by atoms with Crippen LogP contribution in [0.4, 0.5) is 0 Å². The summed E-state index contributed by atoms with van der Waals surface area (Å²) in [6.07, 6.45) is 8.99. The van der Waals surface area contributed by atoms with Gasteiger partial charge in [0, 0.05) is 17.8 Å². The van der Waals surface area contributed by atoms with Gasteiger partial charge in [0.1, 0.15) is 11.5 Å². The number of phenolic OH excluding ortho intramolecular Hbond substituents is 1. The van der Waals surface area contributed by atoms with Crippen LogP contribution in [0, 0.1) is 28.1 Å². The Labute approximate surface area is 169 Å². The van der Waals surface area contributed by atoms with Gasteiger partial charge in [-0.15, -0.1) is 0 Å². The van der Waals surface area contributed by atoms with Crippen LogP contribution in [0.25, 0.3) is 6.08 Å². The van der Waals surface area contributed by atoms with Crippen LogP contribution in [0.2, 0.25) is 0 Å². The zero-order valence-corrected chi connectivity index (χ0v) is 18.1. The van der Waals surface area contributed by atoms with Gasteiger partial charge in [-0.05, 0) is 71.1 Å². The number of allylic oxidation sites excluding steroid dienone is 1. The van der Waals surface area contributed by atoms with Gasteiger partial charge in [0.25, 0.3) is 0 Å². The maximum Gasteiger partial charge on any atom is 0.138 e. The van der Waals surface area contributed by atoms with Gasteiger partial charge in [0.05, 0.1) is 0 Å². The molecule has 5 atom stereocenters. The Morgan fingerprint density at radius 3 is 2.54 bits per heavy atom. The number of Topliss-reactive ketones (excluding diaryl/α,β-unsaturated/α-hetero) is 1. The number of phenols is 1. The van der Waals surface area contributed by atoms with Crippen molar-refractivity contribution in [1.29, 1.82) is 0 Å². The molecule has 0 spiro atoms. The van der Waals surface area contributed by atoms with Crippen LogP contribution in [0.1, 0.15) is 84.3 Å².